The van der Waals surface area contributed by atoms with E-state index >= 15 is 0 Å². The number of aliphatic hydroxyl groups excluding tert-OH is 1. The lowest BCUT2D eigenvalue weighted by Crippen LogP contribution is -2.30. The highest BCUT2D eigenvalue weighted by Crippen LogP contribution is 2.40. The van der Waals surface area contributed by atoms with Crippen LogP contribution >= 0.6 is 0 Å². The van der Waals surface area contributed by atoms with Crippen LogP contribution in [0.2, 0.25) is 0 Å². The Labute approximate surface area is 237 Å². The average Bonchev–Trinajstić information content (AvgIpc) is 2.91. The van der Waals surface area contributed by atoms with Gasteiger partial charge in [-0.2, -0.15) is 0 Å². The van der Waals surface area contributed by atoms with E-state index in [-0.39, 0.29) is 46.6 Å². The monoisotopic (exact) mass is 562 g/mol. The molecule has 2 bridgehead atoms. The van der Waals surface area contributed by atoms with E-state index in [0.29, 0.717) is 24.2 Å². The summed E-state index contributed by atoms with van der Waals surface area (Å²) in [6, 6.07) is 2.49. The summed E-state index contributed by atoms with van der Waals surface area (Å²) in [5, 5.41) is 34.7. The second kappa shape index (κ2) is 16.6. The molecule has 0 saturated carbocycles. The fraction of sp³-hybridized carbons (Fsp3) is 0.533. The SMILES string of the molecule is CC.CO/C1=C/[C@H](C)C[C@@H](OC)C[C@H](C)[C@@H](O)c2cc(O)cc(c2O)NC(=O)/C(C)=C/C=C\[C@H](C)[C@H]1OC(N)=O. The first-order chi connectivity index (χ1) is 18.9. The number of benzene rings is 1. The van der Waals surface area contributed by atoms with Crippen molar-refractivity contribution in [1.82, 2.24) is 0 Å². The number of aliphatic hydroxyl groups is 1. The lowest BCUT2D eigenvalue weighted by molar-refractivity contribution is -0.112. The number of carbonyl (C=O) groups is 2. The third-order valence-corrected chi connectivity index (χ3v) is 6.64. The van der Waals surface area contributed by atoms with E-state index in [0.717, 1.165) is 0 Å². The van der Waals surface area contributed by atoms with Crippen LogP contribution < -0.4 is 11.1 Å². The summed E-state index contributed by atoms with van der Waals surface area (Å²) in [6.07, 6.45) is 4.61. The molecule has 0 spiro atoms. The fourth-order valence-corrected chi connectivity index (χ4v) is 4.47. The van der Waals surface area contributed by atoms with Gasteiger partial charge >= 0.3 is 6.09 Å². The van der Waals surface area contributed by atoms with Crippen molar-refractivity contribution in [3.8, 4) is 11.5 Å². The molecule has 2 rings (SSSR count). The third-order valence-electron chi connectivity index (χ3n) is 6.64. The van der Waals surface area contributed by atoms with Crippen LogP contribution in [0.3, 0.4) is 0 Å². The second-order valence-corrected chi connectivity index (χ2v) is 9.84. The van der Waals surface area contributed by atoms with Crippen LogP contribution in [-0.2, 0) is 19.0 Å². The number of phenolic OH excluding ortho intramolecular Hbond substituents is 2. The zero-order valence-electron chi connectivity index (χ0n) is 24.8. The van der Waals surface area contributed by atoms with E-state index in [1.54, 1.807) is 39.2 Å². The van der Waals surface area contributed by atoms with Crippen molar-refractivity contribution in [3.05, 3.63) is 53.3 Å². The maximum atomic E-state index is 12.8. The Morgan fingerprint density at radius 1 is 1.10 bits per heavy atom. The molecule has 40 heavy (non-hydrogen) atoms. The number of nitrogens with one attached hydrogen (secondary N) is 1. The first-order valence-corrected chi connectivity index (χ1v) is 13.5. The number of nitrogens with two attached hydrogens (primary N) is 1. The van der Waals surface area contributed by atoms with Gasteiger partial charge in [0.15, 0.2) is 6.10 Å². The number of aromatic hydroxyl groups is 2. The molecule has 224 valence electrons. The van der Waals surface area contributed by atoms with Gasteiger partial charge in [0, 0.05) is 30.2 Å². The summed E-state index contributed by atoms with van der Waals surface area (Å²) >= 11 is 0. The number of allylic oxidation sites excluding steroid dienone is 3. The first kappa shape index (κ1) is 34.5. The van der Waals surface area contributed by atoms with Crippen LogP contribution in [0.15, 0.2) is 47.8 Å². The van der Waals surface area contributed by atoms with Crippen LogP contribution in [0.1, 0.15) is 66.1 Å². The molecule has 1 aromatic rings. The smallest absolute Gasteiger partial charge is 0.405 e. The topological polar surface area (TPSA) is 161 Å². The molecule has 0 aliphatic carbocycles. The molecule has 0 fully saturated rings. The molecule has 6 N–H and O–H groups in total. The summed E-state index contributed by atoms with van der Waals surface area (Å²) < 4.78 is 16.6. The lowest BCUT2D eigenvalue weighted by atomic mass is 9.88. The molecule has 0 radical (unpaired) electrons. The predicted octanol–water partition coefficient (Wildman–Crippen LogP) is 5.31. The van der Waals surface area contributed by atoms with Crippen molar-refractivity contribution in [2.75, 3.05) is 19.5 Å². The van der Waals surface area contributed by atoms with Crippen molar-refractivity contribution in [2.24, 2.45) is 23.5 Å². The third kappa shape index (κ3) is 9.91. The Balaban J connectivity index is 0.00000391. The number of amides is 2. The molecule has 0 saturated heterocycles. The van der Waals surface area contributed by atoms with Gasteiger partial charge in [-0.3, -0.25) is 4.79 Å². The van der Waals surface area contributed by atoms with Crippen molar-refractivity contribution in [1.29, 1.82) is 0 Å². The van der Waals surface area contributed by atoms with Crippen LogP contribution in [0.5, 0.6) is 11.5 Å². The Bertz CT molecular complexity index is 1080. The fourth-order valence-electron chi connectivity index (χ4n) is 4.47. The summed E-state index contributed by atoms with van der Waals surface area (Å²) in [4.78, 5) is 24.4. The molecule has 1 aliphatic rings. The number of carbonyl (C=O) groups excluding carboxylic acids is 2. The minimum absolute atomic E-state index is 0.0277. The highest BCUT2D eigenvalue weighted by molar-refractivity contribution is 6.04. The van der Waals surface area contributed by atoms with Crippen LogP contribution in [0.4, 0.5) is 10.5 Å². The summed E-state index contributed by atoms with van der Waals surface area (Å²) in [6.45, 7) is 11.2. The van der Waals surface area contributed by atoms with Gasteiger partial charge in [-0.05, 0) is 43.7 Å². The zero-order chi connectivity index (χ0) is 30.6. The normalized spacial score (nSPS) is 29.8. The van der Waals surface area contributed by atoms with Gasteiger partial charge in [-0.25, -0.2) is 4.79 Å². The molecular formula is C30H46N2O8. The van der Waals surface area contributed by atoms with E-state index in [9.17, 15) is 24.9 Å². The van der Waals surface area contributed by atoms with Crippen molar-refractivity contribution >= 4 is 17.7 Å². The second-order valence-electron chi connectivity index (χ2n) is 9.84. The van der Waals surface area contributed by atoms with Crippen molar-refractivity contribution in [3.63, 3.8) is 0 Å². The van der Waals surface area contributed by atoms with Gasteiger partial charge in [0.2, 0.25) is 0 Å². The van der Waals surface area contributed by atoms with E-state index in [1.807, 2.05) is 33.8 Å². The van der Waals surface area contributed by atoms with Crippen LogP contribution in [0, 0.1) is 17.8 Å². The minimum atomic E-state index is -1.15. The number of primary amides is 1. The van der Waals surface area contributed by atoms with Crippen molar-refractivity contribution in [2.45, 2.75) is 72.7 Å². The van der Waals surface area contributed by atoms with Gasteiger partial charge in [-0.15, -0.1) is 0 Å². The molecule has 2 amide bonds. The summed E-state index contributed by atoms with van der Waals surface area (Å²) in [5.41, 5.74) is 5.70. The van der Waals surface area contributed by atoms with E-state index in [4.69, 9.17) is 19.9 Å². The number of phenols is 2. The number of rotatable bonds is 3. The molecule has 0 aromatic heterocycles. The van der Waals surface area contributed by atoms with Gasteiger partial charge in [0.1, 0.15) is 17.3 Å². The highest BCUT2D eigenvalue weighted by Gasteiger charge is 2.28. The quantitative estimate of drug-likeness (QED) is 0.245. The number of ether oxygens (including phenoxy) is 3. The molecule has 1 heterocycles. The van der Waals surface area contributed by atoms with E-state index in [1.165, 1.54) is 19.2 Å². The molecule has 0 unspecified atom stereocenters. The number of hydrogen-bond donors (Lipinski definition) is 5. The van der Waals surface area contributed by atoms with Gasteiger partial charge in [0.05, 0.1) is 25.0 Å². The van der Waals surface area contributed by atoms with Crippen LogP contribution in [0.25, 0.3) is 0 Å². The maximum Gasteiger partial charge on any atom is 0.405 e. The van der Waals surface area contributed by atoms with Crippen molar-refractivity contribution < 1.29 is 39.1 Å². The standard InChI is InChI=1S/C28H40N2O8.C2H6/c1-15-10-20(36-5)12-18(4)24(32)21-13-19(31)14-22(25(21)33)30-27(34)17(3)9-7-8-16(2)26(38-28(29)35)23(11-15)37-6;1-2/h7-9,11,13-16,18,20,24,26,31-33H,10,12H2,1-6H3,(H2,29,35)(H,30,34);1-2H3/b8-7-,17-9+,23-11+;/t15-,16+,18+,20-,24-,26-;/m1./s1. The number of methoxy groups -OCH3 is 2. The lowest BCUT2D eigenvalue weighted by Gasteiger charge is -2.27. The summed E-state index contributed by atoms with van der Waals surface area (Å²) in [5.74, 6) is -1.45. The highest BCUT2D eigenvalue weighted by atomic mass is 16.6. The zero-order valence-corrected chi connectivity index (χ0v) is 24.8. The van der Waals surface area contributed by atoms with E-state index < -0.39 is 24.2 Å². The molecular weight excluding hydrogens is 516 g/mol. The van der Waals surface area contributed by atoms with Gasteiger partial charge in [-0.1, -0.05) is 52.8 Å². The Morgan fingerprint density at radius 2 is 1.75 bits per heavy atom. The molecule has 1 aromatic carbocycles. The van der Waals surface area contributed by atoms with Gasteiger partial charge in [0.25, 0.3) is 5.91 Å². The number of fused-ring (bicyclic) bond motifs is 2. The molecule has 6 atom stereocenters. The molecule has 10 nitrogen and oxygen atoms in total. The Kier molecular flexibility index (Phi) is 14.3. The minimum Gasteiger partial charge on any atom is -0.508 e. The number of anilines is 1. The average molecular weight is 563 g/mol. The van der Waals surface area contributed by atoms with Crippen LogP contribution in [-0.4, -0.2) is 53.7 Å². The Hall–Kier alpha value is -3.50. The predicted molar refractivity (Wildman–Crippen MR) is 155 cm³/mol. The number of hydrogen-bond acceptors (Lipinski definition) is 8. The first-order valence-electron chi connectivity index (χ1n) is 13.5. The maximum absolute atomic E-state index is 12.8. The molecule has 1 aliphatic heterocycles. The Morgan fingerprint density at radius 3 is 2.33 bits per heavy atom. The largest absolute Gasteiger partial charge is 0.508 e. The van der Waals surface area contributed by atoms with Gasteiger partial charge < -0.3 is 40.6 Å². The van der Waals surface area contributed by atoms with E-state index in [2.05, 4.69) is 5.32 Å². The summed E-state index contributed by atoms with van der Waals surface area (Å²) in [7, 11) is 3.06. The molecule has 10 heteroatoms.